The van der Waals surface area contributed by atoms with Gasteiger partial charge in [-0.1, -0.05) is 6.07 Å². The van der Waals surface area contributed by atoms with Crippen LogP contribution in [-0.2, 0) is 4.74 Å². The number of ether oxygens (including phenoxy) is 1. The molecule has 1 fully saturated rings. The monoisotopic (exact) mass is 346 g/mol. The van der Waals surface area contributed by atoms with E-state index in [0.29, 0.717) is 38.5 Å². The van der Waals surface area contributed by atoms with Crippen molar-refractivity contribution in [2.24, 2.45) is 0 Å². The molecule has 0 bridgehead atoms. The van der Waals surface area contributed by atoms with Crippen molar-refractivity contribution in [2.75, 3.05) is 45.9 Å². The van der Waals surface area contributed by atoms with E-state index >= 15 is 0 Å². The number of nitrogens with zero attached hydrogens (tertiary/aromatic N) is 4. The number of fused-ring (bicyclic) bond motifs is 1. The molecule has 1 amide bonds. The van der Waals surface area contributed by atoms with E-state index in [1.165, 1.54) is 0 Å². The Morgan fingerprint density at radius 1 is 1.32 bits per heavy atom. The molecule has 1 N–H and O–H groups in total. The molecule has 25 heavy (non-hydrogen) atoms. The molecular weight excluding hydrogens is 320 g/mol. The topological polar surface area (TPSA) is 70.3 Å². The lowest BCUT2D eigenvalue weighted by atomic mass is 10.2. The van der Waals surface area contributed by atoms with Crippen LogP contribution in [-0.4, -0.2) is 82.2 Å². The van der Waals surface area contributed by atoms with Gasteiger partial charge in [0.15, 0.2) is 0 Å². The summed E-state index contributed by atoms with van der Waals surface area (Å²) >= 11 is 0. The summed E-state index contributed by atoms with van der Waals surface area (Å²) in [6.45, 7) is 8.25. The Balaban J connectivity index is 1.56. The normalized spacial score (nSPS) is 17.2. The van der Waals surface area contributed by atoms with Crippen molar-refractivity contribution in [2.45, 2.75) is 20.0 Å². The van der Waals surface area contributed by atoms with E-state index in [1.807, 2.05) is 47.5 Å². The zero-order chi connectivity index (χ0) is 17.8. The van der Waals surface area contributed by atoms with Crippen LogP contribution in [0.5, 0.6) is 0 Å². The van der Waals surface area contributed by atoms with Gasteiger partial charge in [0.1, 0.15) is 11.3 Å². The van der Waals surface area contributed by atoms with Gasteiger partial charge in [-0.05, 0) is 26.0 Å². The Morgan fingerprint density at radius 3 is 2.76 bits per heavy atom. The first-order valence-electron chi connectivity index (χ1n) is 8.80. The highest BCUT2D eigenvalue weighted by molar-refractivity contribution is 5.93. The second-order valence-corrected chi connectivity index (χ2v) is 6.43. The van der Waals surface area contributed by atoms with Crippen LogP contribution >= 0.6 is 0 Å². The van der Waals surface area contributed by atoms with E-state index in [2.05, 4.69) is 9.88 Å². The minimum atomic E-state index is -0.483. The number of aryl methyl sites for hydroxylation is 1. The van der Waals surface area contributed by atoms with Crippen molar-refractivity contribution in [1.82, 2.24) is 19.2 Å². The number of amides is 1. The van der Waals surface area contributed by atoms with Gasteiger partial charge in [0.05, 0.1) is 12.7 Å². The van der Waals surface area contributed by atoms with Crippen LogP contribution in [0.1, 0.15) is 23.1 Å². The van der Waals surface area contributed by atoms with Crippen molar-refractivity contribution < 1.29 is 14.6 Å². The Kier molecular flexibility index (Phi) is 5.67. The number of imidazole rings is 1. The summed E-state index contributed by atoms with van der Waals surface area (Å²) in [6, 6.07) is 5.84. The highest BCUT2D eigenvalue weighted by Gasteiger charge is 2.25. The molecule has 0 spiro atoms. The second kappa shape index (κ2) is 7.95. The van der Waals surface area contributed by atoms with E-state index in [0.717, 1.165) is 24.4 Å². The number of hydrogen-bond acceptors (Lipinski definition) is 5. The molecule has 0 unspecified atom stereocenters. The summed E-state index contributed by atoms with van der Waals surface area (Å²) in [6.07, 6.45) is 1.33. The number of pyridine rings is 1. The molecule has 1 atom stereocenters. The van der Waals surface area contributed by atoms with Crippen LogP contribution < -0.4 is 0 Å². The molecule has 0 radical (unpaired) electrons. The van der Waals surface area contributed by atoms with Crippen molar-refractivity contribution in [3.63, 3.8) is 0 Å². The van der Waals surface area contributed by atoms with Gasteiger partial charge in [-0.3, -0.25) is 9.69 Å². The van der Waals surface area contributed by atoms with Gasteiger partial charge in [-0.25, -0.2) is 4.98 Å². The van der Waals surface area contributed by atoms with Gasteiger partial charge in [-0.15, -0.1) is 0 Å². The molecule has 1 saturated heterocycles. The standard InChI is InChI=1S/C18H26N4O3/c1-3-25-13-15(23)11-20-7-9-21(10-8-20)18(24)16-12-22-14(2)5-4-6-17(22)19-16/h4-6,12,15,23H,3,7-11,13H2,1-2H3/t15-/m0/s1. The van der Waals surface area contributed by atoms with Crippen LogP contribution in [0.25, 0.3) is 5.65 Å². The Bertz CT molecular complexity index is 722. The summed E-state index contributed by atoms with van der Waals surface area (Å²) in [5.74, 6) is -0.0300. The molecular formula is C18H26N4O3. The van der Waals surface area contributed by atoms with E-state index in [4.69, 9.17) is 4.74 Å². The molecule has 0 aromatic carbocycles. The molecule has 2 aromatic heterocycles. The maximum absolute atomic E-state index is 12.7. The molecule has 0 saturated carbocycles. The minimum absolute atomic E-state index is 0.0300. The number of rotatable bonds is 6. The number of aliphatic hydroxyl groups excluding tert-OH is 1. The quantitative estimate of drug-likeness (QED) is 0.838. The zero-order valence-electron chi connectivity index (χ0n) is 14.9. The Hall–Kier alpha value is -1.96. The third-order valence-electron chi connectivity index (χ3n) is 4.56. The highest BCUT2D eigenvalue weighted by atomic mass is 16.5. The summed E-state index contributed by atoms with van der Waals surface area (Å²) in [7, 11) is 0. The molecule has 7 nitrogen and oxygen atoms in total. The lowest BCUT2D eigenvalue weighted by molar-refractivity contribution is 0.0110. The fraction of sp³-hybridized carbons (Fsp3) is 0.556. The summed E-state index contributed by atoms with van der Waals surface area (Å²) in [5.41, 5.74) is 2.33. The fourth-order valence-corrected chi connectivity index (χ4v) is 3.15. The summed E-state index contributed by atoms with van der Waals surface area (Å²) < 4.78 is 7.18. The molecule has 0 aliphatic carbocycles. The van der Waals surface area contributed by atoms with Gasteiger partial charge in [0.25, 0.3) is 5.91 Å². The first kappa shape index (κ1) is 17.8. The van der Waals surface area contributed by atoms with Crippen LogP contribution in [0.15, 0.2) is 24.4 Å². The van der Waals surface area contributed by atoms with Gasteiger partial charge in [-0.2, -0.15) is 0 Å². The molecule has 1 aliphatic heterocycles. The minimum Gasteiger partial charge on any atom is -0.389 e. The van der Waals surface area contributed by atoms with Crippen LogP contribution in [0, 0.1) is 6.92 Å². The van der Waals surface area contributed by atoms with E-state index < -0.39 is 6.10 Å². The van der Waals surface area contributed by atoms with Crippen LogP contribution in [0.3, 0.4) is 0 Å². The average molecular weight is 346 g/mol. The highest BCUT2D eigenvalue weighted by Crippen LogP contribution is 2.12. The third-order valence-corrected chi connectivity index (χ3v) is 4.56. The van der Waals surface area contributed by atoms with E-state index in [-0.39, 0.29) is 5.91 Å². The largest absolute Gasteiger partial charge is 0.389 e. The maximum atomic E-state index is 12.7. The Morgan fingerprint density at radius 2 is 2.08 bits per heavy atom. The van der Waals surface area contributed by atoms with Gasteiger partial charge in [0, 0.05) is 51.2 Å². The smallest absolute Gasteiger partial charge is 0.274 e. The average Bonchev–Trinajstić information content (AvgIpc) is 3.06. The van der Waals surface area contributed by atoms with Crippen molar-refractivity contribution in [1.29, 1.82) is 0 Å². The molecule has 1 aliphatic rings. The predicted molar refractivity (Wildman–Crippen MR) is 94.8 cm³/mol. The molecule has 3 rings (SSSR count). The fourth-order valence-electron chi connectivity index (χ4n) is 3.15. The lowest BCUT2D eigenvalue weighted by Gasteiger charge is -2.35. The molecule has 2 aromatic rings. The SMILES string of the molecule is CCOC[C@@H](O)CN1CCN(C(=O)c2cn3c(C)cccc3n2)CC1. The summed E-state index contributed by atoms with van der Waals surface area (Å²) in [5, 5.41) is 9.93. The predicted octanol–water partition coefficient (Wildman–Crippen LogP) is 0.798. The molecule has 3 heterocycles. The number of carbonyl (C=O) groups is 1. The first-order chi connectivity index (χ1) is 12.1. The lowest BCUT2D eigenvalue weighted by Crippen LogP contribution is -2.50. The van der Waals surface area contributed by atoms with E-state index in [1.54, 1.807) is 0 Å². The maximum Gasteiger partial charge on any atom is 0.274 e. The van der Waals surface area contributed by atoms with Gasteiger partial charge in [0.2, 0.25) is 0 Å². The summed E-state index contributed by atoms with van der Waals surface area (Å²) in [4.78, 5) is 21.2. The number of carbonyl (C=O) groups excluding carboxylic acids is 1. The number of aliphatic hydroxyl groups is 1. The van der Waals surface area contributed by atoms with E-state index in [9.17, 15) is 9.90 Å². The second-order valence-electron chi connectivity index (χ2n) is 6.43. The van der Waals surface area contributed by atoms with Gasteiger partial charge < -0.3 is 19.1 Å². The van der Waals surface area contributed by atoms with Gasteiger partial charge >= 0.3 is 0 Å². The van der Waals surface area contributed by atoms with Crippen molar-refractivity contribution in [3.8, 4) is 0 Å². The molecule has 136 valence electrons. The van der Waals surface area contributed by atoms with Crippen LogP contribution in [0.2, 0.25) is 0 Å². The van der Waals surface area contributed by atoms with Crippen molar-refractivity contribution >= 4 is 11.6 Å². The number of hydrogen-bond donors (Lipinski definition) is 1. The number of piperazine rings is 1. The molecule has 7 heteroatoms. The van der Waals surface area contributed by atoms with Crippen molar-refractivity contribution in [3.05, 3.63) is 35.8 Å². The third kappa shape index (κ3) is 4.18. The van der Waals surface area contributed by atoms with Crippen LogP contribution in [0.4, 0.5) is 0 Å². The number of β-amino-alcohol motifs (C(OH)–C–C–N with tert-alkyl or cyclic N) is 1. The number of aromatic nitrogens is 2. The first-order valence-corrected chi connectivity index (χ1v) is 8.80. The zero-order valence-corrected chi connectivity index (χ0v) is 14.9. The Labute approximate surface area is 147 Å².